The van der Waals surface area contributed by atoms with Crippen LogP contribution >= 0.6 is 34.0 Å². The Hall–Kier alpha value is -2.03. The van der Waals surface area contributed by atoms with Crippen molar-refractivity contribution in [3.8, 4) is 9.88 Å². The van der Waals surface area contributed by atoms with Crippen LogP contribution in [0.15, 0.2) is 35.0 Å². The van der Waals surface area contributed by atoms with E-state index < -0.39 is 6.04 Å². The zero-order valence-electron chi connectivity index (χ0n) is 13.6. The molecule has 3 heterocycles. The maximum Gasteiger partial charge on any atom is 0.307 e. The molecule has 1 atom stereocenters. The molecule has 0 radical (unpaired) electrons. The molecule has 0 aromatic carbocycles. The minimum Gasteiger partial charge on any atom is -0.469 e. The molecule has 3 aromatic rings. The van der Waals surface area contributed by atoms with Crippen LogP contribution < -0.4 is 5.32 Å². The normalized spacial score (nSPS) is 11.9. The monoisotopic (exact) mass is 392 g/mol. The van der Waals surface area contributed by atoms with Gasteiger partial charge in [0.1, 0.15) is 9.88 Å². The number of ether oxygens (including phenoxy) is 1. The first kappa shape index (κ1) is 17.8. The van der Waals surface area contributed by atoms with E-state index in [0.717, 1.165) is 14.8 Å². The van der Waals surface area contributed by atoms with Crippen molar-refractivity contribution in [2.45, 2.75) is 19.4 Å². The van der Waals surface area contributed by atoms with Crippen molar-refractivity contribution in [1.82, 2.24) is 10.3 Å². The van der Waals surface area contributed by atoms with Crippen molar-refractivity contribution in [3.05, 3.63) is 50.5 Å². The highest BCUT2D eigenvalue weighted by Crippen LogP contribution is 2.31. The maximum absolute atomic E-state index is 12.7. The molecule has 0 bridgehead atoms. The number of hydrogen-bond acceptors (Lipinski definition) is 7. The van der Waals surface area contributed by atoms with Crippen LogP contribution in [0.4, 0.5) is 0 Å². The molecule has 3 aromatic heterocycles. The van der Waals surface area contributed by atoms with Gasteiger partial charge in [0, 0.05) is 4.88 Å². The third-order valence-corrected chi connectivity index (χ3v) is 6.71. The third-order valence-electron chi connectivity index (χ3n) is 3.53. The number of carbonyl (C=O) groups is 2. The molecule has 0 saturated carbocycles. The van der Waals surface area contributed by atoms with Gasteiger partial charge in [-0.05, 0) is 29.8 Å². The smallest absolute Gasteiger partial charge is 0.307 e. The topological polar surface area (TPSA) is 68.3 Å². The number of aryl methyl sites for hydroxylation is 1. The molecule has 5 nitrogen and oxygen atoms in total. The second kappa shape index (κ2) is 7.90. The Morgan fingerprint density at radius 2 is 2.00 bits per heavy atom. The van der Waals surface area contributed by atoms with Gasteiger partial charge in [0.25, 0.3) is 5.91 Å². The average molecular weight is 393 g/mol. The highest BCUT2D eigenvalue weighted by atomic mass is 32.1. The third kappa shape index (κ3) is 4.15. The van der Waals surface area contributed by atoms with E-state index in [0.29, 0.717) is 10.6 Å². The summed E-state index contributed by atoms with van der Waals surface area (Å²) in [5.74, 6) is -0.584. The van der Waals surface area contributed by atoms with Gasteiger partial charge < -0.3 is 10.1 Å². The summed E-state index contributed by atoms with van der Waals surface area (Å²) in [5, 5.41) is 7.67. The summed E-state index contributed by atoms with van der Waals surface area (Å²) in [6.07, 6.45) is 0.0956. The molecule has 0 fully saturated rings. The van der Waals surface area contributed by atoms with Gasteiger partial charge in [0.15, 0.2) is 0 Å². The van der Waals surface area contributed by atoms with Crippen LogP contribution in [0.2, 0.25) is 0 Å². The number of thiophene rings is 2. The first-order chi connectivity index (χ1) is 12.1. The number of amides is 1. The fourth-order valence-corrected chi connectivity index (χ4v) is 4.84. The van der Waals surface area contributed by atoms with Gasteiger partial charge in [-0.25, -0.2) is 4.98 Å². The van der Waals surface area contributed by atoms with E-state index in [1.165, 1.54) is 29.8 Å². The molecule has 1 unspecified atom stereocenters. The summed E-state index contributed by atoms with van der Waals surface area (Å²) >= 11 is 4.45. The molecule has 1 amide bonds. The predicted octanol–water partition coefficient (Wildman–Crippen LogP) is 4.28. The lowest BCUT2D eigenvalue weighted by atomic mass is 10.1. The lowest BCUT2D eigenvalue weighted by Crippen LogP contribution is -2.29. The van der Waals surface area contributed by atoms with Gasteiger partial charge in [0.05, 0.1) is 30.1 Å². The zero-order chi connectivity index (χ0) is 17.8. The second-order valence-electron chi connectivity index (χ2n) is 5.23. The summed E-state index contributed by atoms with van der Waals surface area (Å²) in [5.41, 5.74) is 0.689. The van der Waals surface area contributed by atoms with E-state index in [9.17, 15) is 9.59 Å². The molecule has 0 aliphatic rings. The minimum absolute atomic E-state index is 0.0956. The Kier molecular flexibility index (Phi) is 5.62. The predicted molar refractivity (Wildman–Crippen MR) is 101 cm³/mol. The number of esters is 1. The molecule has 130 valence electrons. The van der Waals surface area contributed by atoms with Crippen LogP contribution in [0.1, 0.15) is 32.7 Å². The van der Waals surface area contributed by atoms with E-state index >= 15 is 0 Å². The van der Waals surface area contributed by atoms with E-state index in [4.69, 9.17) is 4.74 Å². The first-order valence-electron chi connectivity index (χ1n) is 7.51. The number of carbonyl (C=O) groups excluding carboxylic acids is 2. The quantitative estimate of drug-likeness (QED) is 0.636. The highest BCUT2D eigenvalue weighted by molar-refractivity contribution is 7.22. The Morgan fingerprint density at radius 1 is 1.24 bits per heavy atom. The van der Waals surface area contributed by atoms with Crippen LogP contribution in [0.25, 0.3) is 9.88 Å². The van der Waals surface area contributed by atoms with Gasteiger partial charge in [-0.15, -0.1) is 34.0 Å². The van der Waals surface area contributed by atoms with Crippen molar-refractivity contribution in [2.75, 3.05) is 7.11 Å². The number of methoxy groups -OCH3 is 1. The SMILES string of the molecule is COC(=O)CC(NC(=O)c1sc(-c2cccs2)nc1C)c1cccs1. The summed E-state index contributed by atoms with van der Waals surface area (Å²) in [7, 11) is 1.34. The largest absolute Gasteiger partial charge is 0.469 e. The van der Waals surface area contributed by atoms with Gasteiger partial charge in [-0.3, -0.25) is 9.59 Å². The molecule has 0 aliphatic carbocycles. The maximum atomic E-state index is 12.7. The molecule has 0 aliphatic heterocycles. The Morgan fingerprint density at radius 3 is 2.64 bits per heavy atom. The van der Waals surface area contributed by atoms with Crippen molar-refractivity contribution in [1.29, 1.82) is 0 Å². The van der Waals surface area contributed by atoms with E-state index in [-0.39, 0.29) is 18.3 Å². The minimum atomic E-state index is -0.411. The number of thiazole rings is 1. The Bertz CT molecular complexity index is 854. The first-order valence-corrected chi connectivity index (χ1v) is 10.1. The fraction of sp³-hybridized carbons (Fsp3) is 0.235. The molecule has 25 heavy (non-hydrogen) atoms. The molecule has 1 N–H and O–H groups in total. The lowest BCUT2D eigenvalue weighted by Gasteiger charge is -2.16. The number of nitrogens with zero attached hydrogens (tertiary/aromatic N) is 1. The van der Waals surface area contributed by atoms with Crippen LogP contribution in [-0.2, 0) is 9.53 Å². The van der Waals surface area contributed by atoms with Gasteiger partial charge in [-0.1, -0.05) is 12.1 Å². The molecule has 8 heteroatoms. The summed E-state index contributed by atoms with van der Waals surface area (Å²) in [6.45, 7) is 1.82. The van der Waals surface area contributed by atoms with Gasteiger partial charge in [0.2, 0.25) is 0 Å². The summed E-state index contributed by atoms with van der Waals surface area (Å²) in [6, 6.07) is 7.32. The molecule has 0 spiro atoms. The number of nitrogens with one attached hydrogen (secondary N) is 1. The number of hydrogen-bond donors (Lipinski definition) is 1. The molecule has 3 rings (SSSR count). The van der Waals surface area contributed by atoms with E-state index in [1.54, 1.807) is 11.3 Å². The van der Waals surface area contributed by atoms with Crippen LogP contribution in [0, 0.1) is 6.92 Å². The van der Waals surface area contributed by atoms with Crippen molar-refractivity contribution in [3.63, 3.8) is 0 Å². The highest BCUT2D eigenvalue weighted by Gasteiger charge is 2.23. The molecular weight excluding hydrogens is 376 g/mol. The fourth-order valence-electron chi connectivity index (χ4n) is 2.30. The standard InChI is InChI=1S/C17H16N2O3S3/c1-10-15(25-17(18-10)13-6-4-8-24-13)16(21)19-11(9-14(20)22-2)12-5-3-7-23-12/h3-8,11H,9H2,1-2H3,(H,19,21). The second-order valence-corrected chi connectivity index (χ2v) is 8.16. The van der Waals surface area contributed by atoms with Crippen LogP contribution in [0.3, 0.4) is 0 Å². The van der Waals surface area contributed by atoms with Crippen molar-refractivity contribution < 1.29 is 14.3 Å². The zero-order valence-corrected chi connectivity index (χ0v) is 16.1. The van der Waals surface area contributed by atoms with Gasteiger partial charge in [-0.2, -0.15) is 0 Å². The molecular formula is C17H16N2O3S3. The van der Waals surface area contributed by atoms with Crippen LogP contribution in [0.5, 0.6) is 0 Å². The van der Waals surface area contributed by atoms with E-state index in [1.807, 2.05) is 41.9 Å². The Labute approximate surface area is 157 Å². The molecule has 0 saturated heterocycles. The lowest BCUT2D eigenvalue weighted by molar-refractivity contribution is -0.141. The summed E-state index contributed by atoms with van der Waals surface area (Å²) < 4.78 is 4.75. The number of rotatable bonds is 6. The average Bonchev–Trinajstić information content (AvgIpc) is 3.34. The van der Waals surface area contributed by atoms with Crippen molar-refractivity contribution >= 4 is 45.9 Å². The van der Waals surface area contributed by atoms with E-state index in [2.05, 4.69) is 10.3 Å². The van der Waals surface area contributed by atoms with Crippen LogP contribution in [-0.4, -0.2) is 24.0 Å². The summed E-state index contributed by atoms with van der Waals surface area (Å²) in [4.78, 5) is 31.4. The van der Waals surface area contributed by atoms with Gasteiger partial charge >= 0.3 is 5.97 Å². The van der Waals surface area contributed by atoms with Crippen molar-refractivity contribution in [2.24, 2.45) is 0 Å². The Balaban J connectivity index is 1.80. The number of aromatic nitrogens is 1.